The van der Waals surface area contributed by atoms with Gasteiger partial charge < -0.3 is 14.5 Å². The number of likely N-dealkylation sites (tertiary alicyclic amines) is 2. The number of halogens is 1. The van der Waals surface area contributed by atoms with Gasteiger partial charge in [-0.25, -0.2) is 4.39 Å². The van der Waals surface area contributed by atoms with Crippen LogP contribution in [0.5, 0.6) is 0 Å². The maximum atomic E-state index is 13.5. The molecule has 0 saturated carbocycles. The maximum Gasteiger partial charge on any atom is 0.254 e. The molecule has 0 radical (unpaired) electrons. The molecule has 1 aromatic rings. The first kappa shape index (κ1) is 16.9. The van der Waals surface area contributed by atoms with Crippen LogP contribution in [0.3, 0.4) is 0 Å². The summed E-state index contributed by atoms with van der Waals surface area (Å²) in [5, 5.41) is 0. The smallest absolute Gasteiger partial charge is 0.254 e. The zero-order valence-electron chi connectivity index (χ0n) is 14.0. The second-order valence-electron chi connectivity index (χ2n) is 6.49. The number of rotatable bonds is 4. The first-order chi connectivity index (χ1) is 11.6. The van der Waals surface area contributed by atoms with Crippen LogP contribution >= 0.6 is 0 Å². The number of carbonyl (C=O) groups is 2. The molecule has 1 atom stereocenters. The standard InChI is InChI=1S/C18H23FN2O3/c1-24-12-11-20-9-3-7-18(17(20)23)8-4-10-21(18)16(22)14-5-2-6-15(19)13-14/h2,5-6,13H,3-4,7-12H2,1H3. The highest BCUT2D eigenvalue weighted by atomic mass is 19.1. The summed E-state index contributed by atoms with van der Waals surface area (Å²) >= 11 is 0. The topological polar surface area (TPSA) is 49.9 Å². The molecule has 0 bridgehead atoms. The second-order valence-corrected chi connectivity index (χ2v) is 6.49. The number of hydrogen-bond donors (Lipinski definition) is 0. The number of nitrogens with zero attached hydrogens (tertiary/aromatic N) is 2. The first-order valence-corrected chi connectivity index (χ1v) is 8.44. The zero-order chi connectivity index (χ0) is 17.2. The Labute approximate surface area is 141 Å². The summed E-state index contributed by atoms with van der Waals surface area (Å²) in [4.78, 5) is 29.4. The fourth-order valence-electron chi connectivity index (χ4n) is 3.91. The van der Waals surface area contributed by atoms with E-state index in [0.717, 1.165) is 12.8 Å². The summed E-state index contributed by atoms with van der Waals surface area (Å²) in [7, 11) is 1.61. The third-order valence-electron chi connectivity index (χ3n) is 5.07. The molecule has 2 fully saturated rings. The molecular formula is C18H23FN2O3. The minimum atomic E-state index is -0.768. The lowest BCUT2D eigenvalue weighted by Crippen LogP contribution is -2.61. The molecule has 0 aliphatic carbocycles. The summed E-state index contributed by atoms with van der Waals surface area (Å²) in [5.74, 6) is -0.687. The van der Waals surface area contributed by atoms with Crippen LogP contribution in [-0.4, -0.2) is 60.5 Å². The number of carbonyl (C=O) groups excluding carboxylic acids is 2. The summed E-state index contributed by atoms with van der Waals surface area (Å²) in [5.41, 5.74) is -0.465. The number of benzene rings is 1. The number of hydrogen-bond acceptors (Lipinski definition) is 3. The van der Waals surface area contributed by atoms with Gasteiger partial charge in [0.15, 0.2) is 0 Å². The normalized spacial score (nSPS) is 24.0. The van der Waals surface area contributed by atoms with Crippen LogP contribution in [-0.2, 0) is 9.53 Å². The molecule has 5 nitrogen and oxygen atoms in total. The van der Waals surface area contributed by atoms with Crippen LogP contribution in [0.4, 0.5) is 4.39 Å². The predicted molar refractivity (Wildman–Crippen MR) is 87.1 cm³/mol. The van der Waals surface area contributed by atoms with E-state index in [-0.39, 0.29) is 11.8 Å². The van der Waals surface area contributed by atoms with Crippen LogP contribution in [0.2, 0.25) is 0 Å². The Morgan fingerprint density at radius 1 is 1.29 bits per heavy atom. The van der Waals surface area contributed by atoms with Crippen molar-refractivity contribution in [2.75, 3.05) is 33.4 Å². The molecule has 3 rings (SSSR count). The summed E-state index contributed by atoms with van der Waals surface area (Å²) in [6.07, 6.45) is 3.01. The van der Waals surface area contributed by atoms with Crippen LogP contribution in [0.25, 0.3) is 0 Å². The van der Waals surface area contributed by atoms with E-state index >= 15 is 0 Å². The van der Waals surface area contributed by atoms with Gasteiger partial charge in [0.05, 0.1) is 6.61 Å². The maximum absolute atomic E-state index is 13.5. The van der Waals surface area contributed by atoms with E-state index in [1.807, 2.05) is 0 Å². The molecule has 0 aromatic heterocycles. The van der Waals surface area contributed by atoms with Crippen LogP contribution in [0.1, 0.15) is 36.0 Å². The van der Waals surface area contributed by atoms with E-state index in [1.165, 1.54) is 18.2 Å². The van der Waals surface area contributed by atoms with Gasteiger partial charge >= 0.3 is 0 Å². The molecule has 1 spiro atoms. The molecule has 1 aromatic carbocycles. The van der Waals surface area contributed by atoms with Gasteiger partial charge in [0, 0.05) is 32.3 Å². The average Bonchev–Trinajstić information content (AvgIpc) is 3.00. The molecule has 6 heteroatoms. The molecule has 2 heterocycles. The molecule has 2 amide bonds. The fourth-order valence-corrected chi connectivity index (χ4v) is 3.91. The second kappa shape index (κ2) is 6.89. The van der Waals surface area contributed by atoms with Gasteiger partial charge in [0.25, 0.3) is 5.91 Å². The predicted octanol–water partition coefficient (Wildman–Crippen LogP) is 2.07. The van der Waals surface area contributed by atoms with Crippen LogP contribution < -0.4 is 0 Å². The van der Waals surface area contributed by atoms with Crippen LogP contribution in [0, 0.1) is 5.82 Å². The summed E-state index contributed by atoms with van der Waals surface area (Å²) in [6.45, 7) is 2.27. The monoisotopic (exact) mass is 334 g/mol. The summed E-state index contributed by atoms with van der Waals surface area (Å²) < 4.78 is 18.6. The van der Waals surface area contributed by atoms with E-state index in [9.17, 15) is 14.0 Å². The number of piperidine rings is 1. The van der Waals surface area contributed by atoms with Crippen molar-refractivity contribution in [3.8, 4) is 0 Å². The van der Waals surface area contributed by atoms with Crippen molar-refractivity contribution < 1.29 is 18.7 Å². The molecule has 130 valence electrons. The van der Waals surface area contributed by atoms with Gasteiger partial charge in [-0.05, 0) is 43.9 Å². The fraction of sp³-hybridized carbons (Fsp3) is 0.556. The summed E-state index contributed by atoms with van der Waals surface area (Å²) in [6, 6.07) is 5.69. The Kier molecular flexibility index (Phi) is 4.85. The molecule has 2 aliphatic rings. The van der Waals surface area contributed by atoms with E-state index in [1.54, 1.807) is 23.0 Å². The Bertz CT molecular complexity index is 636. The molecule has 2 aliphatic heterocycles. The highest BCUT2D eigenvalue weighted by molar-refractivity contribution is 6.00. The third kappa shape index (κ3) is 2.90. The molecule has 24 heavy (non-hydrogen) atoms. The van der Waals surface area contributed by atoms with E-state index in [4.69, 9.17) is 4.74 Å². The molecule has 1 unspecified atom stereocenters. The highest BCUT2D eigenvalue weighted by Gasteiger charge is 2.52. The van der Waals surface area contributed by atoms with Crippen molar-refractivity contribution in [1.82, 2.24) is 9.80 Å². The number of ether oxygens (including phenoxy) is 1. The largest absolute Gasteiger partial charge is 0.383 e. The van der Waals surface area contributed by atoms with E-state index in [2.05, 4.69) is 0 Å². The Morgan fingerprint density at radius 3 is 2.75 bits per heavy atom. The Balaban J connectivity index is 1.86. The van der Waals surface area contributed by atoms with Crippen LogP contribution in [0.15, 0.2) is 24.3 Å². The Hall–Kier alpha value is -1.95. The van der Waals surface area contributed by atoms with Crippen molar-refractivity contribution in [3.63, 3.8) is 0 Å². The van der Waals surface area contributed by atoms with Crippen molar-refractivity contribution in [1.29, 1.82) is 0 Å². The number of methoxy groups -OCH3 is 1. The SMILES string of the molecule is COCCN1CCCC2(CCCN2C(=O)c2cccc(F)c2)C1=O. The van der Waals surface area contributed by atoms with Crippen molar-refractivity contribution in [3.05, 3.63) is 35.6 Å². The van der Waals surface area contributed by atoms with Crippen molar-refractivity contribution in [2.45, 2.75) is 31.2 Å². The number of amides is 2. The minimum absolute atomic E-state index is 0.00746. The molecular weight excluding hydrogens is 311 g/mol. The zero-order valence-corrected chi connectivity index (χ0v) is 14.0. The molecule has 2 saturated heterocycles. The van der Waals surface area contributed by atoms with Gasteiger partial charge in [-0.2, -0.15) is 0 Å². The van der Waals surface area contributed by atoms with Gasteiger partial charge in [-0.3, -0.25) is 9.59 Å². The van der Waals surface area contributed by atoms with Crippen molar-refractivity contribution >= 4 is 11.8 Å². The lowest BCUT2D eigenvalue weighted by molar-refractivity contribution is -0.146. The van der Waals surface area contributed by atoms with E-state index < -0.39 is 11.4 Å². The first-order valence-electron chi connectivity index (χ1n) is 8.44. The third-order valence-corrected chi connectivity index (χ3v) is 5.07. The van der Waals surface area contributed by atoms with Crippen molar-refractivity contribution in [2.24, 2.45) is 0 Å². The molecule has 0 N–H and O–H groups in total. The highest BCUT2D eigenvalue weighted by Crippen LogP contribution is 2.39. The quantitative estimate of drug-likeness (QED) is 0.847. The van der Waals surface area contributed by atoms with Gasteiger partial charge in [-0.15, -0.1) is 0 Å². The minimum Gasteiger partial charge on any atom is -0.383 e. The lowest BCUT2D eigenvalue weighted by atomic mass is 9.85. The lowest BCUT2D eigenvalue weighted by Gasteiger charge is -2.44. The van der Waals surface area contributed by atoms with Gasteiger partial charge in [0.1, 0.15) is 11.4 Å². The van der Waals surface area contributed by atoms with Gasteiger partial charge in [0.2, 0.25) is 5.91 Å². The average molecular weight is 334 g/mol. The van der Waals surface area contributed by atoms with E-state index in [0.29, 0.717) is 44.6 Å². The Morgan fingerprint density at radius 2 is 2.04 bits per heavy atom. The van der Waals surface area contributed by atoms with Gasteiger partial charge in [-0.1, -0.05) is 6.07 Å².